The quantitative estimate of drug-likeness (QED) is 0.913. The predicted octanol–water partition coefficient (Wildman–Crippen LogP) is 3.60. The molecule has 0 aromatic heterocycles. The lowest BCUT2D eigenvalue weighted by Gasteiger charge is -2.31. The van der Waals surface area contributed by atoms with Crippen LogP contribution in [0.15, 0.2) is 18.2 Å². The van der Waals surface area contributed by atoms with Crippen LogP contribution in [0.2, 0.25) is 10.0 Å². The fourth-order valence-electron chi connectivity index (χ4n) is 2.70. The van der Waals surface area contributed by atoms with Crippen LogP contribution < -0.4 is 0 Å². The number of hydrogen-bond acceptors (Lipinski definition) is 3. The van der Waals surface area contributed by atoms with Gasteiger partial charge < -0.3 is 5.11 Å². The zero-order chi connectivity index (χ0) is 14.8. The molecule has 1 aliphatic rings. The highest BCUT2D eigenvalue weighted by Crippen LogP contribution is 2.32. The van der Waals surface area contributed by atoms with Crippen LogP contribution in [-0.4, -0.2) is 24.9 Å². The summed E-state index contributed by atoms with van der Waals surface area (Å²) in [4.78, 5) is 0. The van der Waals surface area contributed by atoms with E-state index in [4.69, 9.17) is 23.2 Å². The third kappa shape index (κ3) is 4.10. The number of hydrogen-bond donors (Lipinski definition) is 1. The van der Waals surface area contributed by atoms with E-state index in [9.17, 15) is 13.5 Å². The zero-order valence-corrected chi connectivity index (χ0v) is 13.4. The van der Waals surface area contributed by atoms with Crippen molar-refractivity contribution in [2.45, 2.75) is 43.5 Å². The highest BCUT2D eigenvalue weighted by molar-refractivity contribution is 7.90. The molecule has 0 saturated heterocycles. The summed E-state index contributed by atoms with van der Waals surface area (Å²) in [5, 5.41) is 11.1. The normalized spacial score (nSPS) is 18.9. The molecule has 1 saturated carbocycles. The largest absolute Gasteiger partial charge is 0.389 e. The molecule has 0 radical (unpaired) electrons. The molecule has 112 valence electrons. The third-order valence-electron chi connectivity index (χ3n) is 3.70. The third-order valence-corrected chi connectivity index (χ3v) is 6.11. The minimum absolute atomic E-state index is 0.221. The Morgan fingerprint density at radius 2 is 1.65 bits per heavy atom. The van der Waals surface area contributed by atoms with Crippen molar-refractivity contribution in [3.8, 4) is 0 Å². The first kappa shape index (κ1) is 16.1. The second-order valence-corrected chi connectivity index (χ2v) is 8.40. The highest BCUT2D eigenvalue weighted by Gasteiger charge is 2.34. The maximum absolute atomic E-state index is 12.3. The Kier molecular flexibility index (Phi) is 5.00. The molecule has 0 unspecified atom stereocenters. The van der Waals surface area contributed by atoms with Crippen LogP contribution in [0.3, 0.4) is 0 Å². The van der Waals surface area contributed by atoms with Gasteiger partial charge in [-0.1, -0.05) is 48.5 Å². The van der Waals surface area contributed by atoms with Crippen molar-refractivity contribution in [3.63, 3.8) is 0 Å². The monoisotopic (exact) mass is 336 g/mol. The van der Waals surface area contributed by atoms with Crippen molar-refractivity contribution in [3.05, 3.63) is 33.8 Å². The molecule has 0 heterocycles. The van der Waals surface area contributed by atoms with Gasteiger partial charge in [-0.2, -0.15) is 0 Å². The summed E-state index contributed by atoms with van der Waals surface area (Å²) >= 11 is 12.0. The maximum atomic E-state index is 12.3. The van der Waals surface area contributed by atoms with Gasteiger partial charge in [-0.25, -0.2) is 8.42 Å². The molecule has 1 aromatic rings. The number of aliphatic hydroxyl groups is 1. The maximum Gasteiger partial charge on any atom is 0.157 e. The molecule has 2 rings (SSSR count). The van der Waals surface area contributed by atoms with Gasteiger partial charge in [0.15, 0.2) is 9.84 Å². The average molecular weight is 337 g/mol. The Morgan fingerprint density at radius 1 is 1.10 bits per heavy atom. The van der Waals surface area contributed by atoms with Crippen LogP contribution in [0.5, 0.6) is 0 Å². The molecule has 1 N–H and O–H groups in total. The SMILES string of the molecule is O=S(=O)(Cc1c(Cl)cccc1Cl)CC1(O)CCCCC1. The first-order valence-electron chi connectivity index (χ1n) is 6.67. The number of sulfone groups is 1. The van der Waals surface area contributed by atoms with Gasteiger partial charge in [0.1, 0.15) is 0 Å². The molecule has 6 heteroatoms. The summed E-state index contributed by atoms with van der Waals surface area (Å²) in [6, 6.07) is 4.91. The van der Waals surface area contributed by atoms with Crippen LogP contribution in [0.1, 0.15) is 37.7 Å². The van der Waals surface area contributed by atoms with E-state index >= 15 is 0 Å². The lowest BCUT2D eigenvalue weighted by Crippen LogP contribution is -2.39. The Labute approximate surface area is 129 Å². The van der Waals surface area contributed by atoms with Gasteiger partial charge in [0.2, 0.25) is 0 Å². The van der Waals surface area contributed by atoms with E-state index in [0.717, 1.165) is 19.3 Å². The molecule has 0 aliphatic heterocycles. The molecule has 0 amide bonds. The fraction of sp³-hybridized carbons (Fsp3) is 0.571. The lowest BCUT2D eigenvalue weighted by atomic mass is 9.86. The van der Waals surface area contributed by atoms with Crippen LogP contribution in [0.25, 0.3) is 0 Å². The van der Waals surface area contributed by atoms with Crippen molar-refractivity contribution >= 4 is 33.0 Å². The van der Waals surface area contributed by atoms with Crippen molar-refractivity contribution in [1.29, 1.82) is 0 Å². The van der Waals surface area contributed by atoms with Crippen molar-refractivity contribution < 1.29 is 13.5 Å². The summed E-state index contributed by atoms with van der Waals surface area (Å²) in [5.74, 6) is -0.449. The van der Waals surface area contributed by atoms with E-state index in [0.29, 0.717) is 28.5 Å². The van der Waals surface area contributed by atoms with Gasteiger partial charge in [0.05, 0.1) is 17.1 Å². The summed E-state index contributed by atoms with van der Waals surface area (Å²) in [6.45, 7) is 0. The summed E-state index contributed by atoms with van der Waals surface area (Å²) in [7, 11) is -3.46. The van der Waals surface area contributed by atoms with E-state index in [-0.39, 0.29) is 11.5 Å². The second kappa shape index (κ2) is 6.22. The van der Waals surface area contributed by atoms with Gasteiger partial charge in [0, 0.05) is 15.6 Å². The van der Waals surface area contributed by atoms with Gasteiger partial charge in [0.25, 0.3) is 0 Å². The van der Waals surface area contributed by atoms with Crippen LogP contribution in [0, 0.1) is 0 Å². The molecule has 0 atom stereocenters. The van der Waals surface area contributed by atoms with Crippen LogP contribution >= 0.6 is 23.2 Å². The summed E-state index contributed by atoms with van der Waals surface area (Å²) < 4.78 is 24.6. The number of halogens is 2. The first-order valence-corrected chi connectivity index (χ1v) is 9.25. The highest BCUT2D eigenvalue weighted by atomic mass is 35.5. The molecule has 0 spiro atoms. The molecule has 0 bridgehead atoms. The Morgan fingerprint density at radius 3 is 2.20 bits per heavy atom. The summed E-state index contributed by atoms with van der Waals surface area (Å²) in [6.07, 6.45) is 3.89. The fourth-order valence-corrected chi connectivity index (χ4v) is 5.35. The molecule has 1 fully saturated rings. The van der Waals surface area contributed by atoms with E-state index < -0.39 is 15.4 Å². The standard InChI is InChI=1S/C14H18Cl2O3S/c15-12-5-4-6-13(16)11(12)9-20(18,19)10-14(17)7-2-1-3-8-14/h4-6,17H,1-3,7-10H2. The van der Waals surface area contributed by atoms with E-state index in [1.54, 1.807) is 18.2 Å². The van der Waals surface area contributed by atoms with Gasteiger partial charge >= 0.3 is 0 Å². The molecule has 1 aliphatic carbocycles. The smallest absolute Gasteiger partial charge is 0.157 e. The van der Waals surface area contributed by atoms with Gasteiger partial charge in [-0.05, 0) is 25.0 Å². The van der Waals surface area contributed by atoms with Gasteiger partial charge in [-0.15, -0.1) is 0 Å². The molecule has 1 aromatic carbocycles. The zero-order valence-electron chi connectivity index (χ0n) is 11.1. The van der Waals surface area contributed by atoms with E-state index in [1.807, 2.05) is 0 Å². The Bertz CT molecular complexity index is 558. The van der Waals surface area contributed by atoms with Crippen molar-refractivity contribution in [1.82, 2.24) is 0 Å². The lowest BCUT2D eigenvalue weighted by molar-refractivity contribution is 0.0257. The van der Waals surface area contributed by atoms with E-state index in [2.05, 4.69) is 0 Å². The summed E-state index contributed by atoms with van der Waals surface area (Å²) in [5.41, 5.74) is -0.680. The van der Waals surface area contributed by atoms with Crippen LogP contribution in [-0.2, 0) is 15.6 Å². The Hall–Kier alpha value is -0.290. The topological polar surface area (TPSA) is 54.4 Å². The molecular weight excluding hydrogens is 319 g/mol. The second-order valence-electron chi connectivity index (χ2n) is 5.52. The minimum Gasteiger partial charge on any atom is -0.389 e. The molecular formula is C14H18Cl2O3S. The first-order chi connectivity index (χ1) is 9.31. The average Bonchev–Trinajstić information content (AvgIpc) is 2.33. The van der Waals surface area contributed by atoms with Gasteiger partial charge in [-0.3, -0.25) is 0 Å². The van der Waals surface area contributed by atoms with E-state index in [1.165, 1.54) is 0 Å². The number of benzene rings is 1. The van der Waals surface area contributed by atoms with Crippen molar-refractivity contribution in [2.24, 2.45) is 0 Å². The van der Waals surface area contributed by atoms with Crippen LogP contribution in [0.4, 0.5) is 0 Å². The predicted molar refractivity (Wildman–Crippen MR) is 82.0 cm³/mol. The minimum atomic E-state index is -3.46. The van der Waals surface area contributed by atoms with Crippen molar-refractivity contribution in [2.75, 3.05) is 5.75 Å². The molecule has 20 heavy (non-hydrogen) atoms. The Balaban J connectivity index is 2.15. The molecule has 3 nitrogen and oxygen atoms in total. The number of rotatable bonds is 4.